The lowest BCUT2D eigenvalue weighted by molar-refractivity contribution is -0.151. The van der Waals surface area contributed by atoms with Crippen molar-refractivity contribution in [2.75, 3.05) is 30.5 Å². The van der Waals surface area contributed by atoms with Crippen LogP contribution in [0.15, 0.2) is 66.7 Å². The average Bonchev–Trinajstić information content (AvgIpc) is 3.27. The number of rotatable bonds is 8. The molecule has 0 radical (unpaired) electrons. The number of carbonyl (C=O) groups excluding carboxylic acids is 3. The number of ether oxygens (including phenoxy) is 3. The Labute approximate surface area is 209 Å². The molecular weight excluding hydrogens is 460 g/mol. The van der Waals surface area contributed by atoms with Crippen LogP contribution in [0.3, 0.4) is 0 Å². The van der Waals surface area contributed by atoms with Gasteiger partial charge in [-0.15, -0.1) is 0 Å². The SMILES string of the molecule is COc1ccc(Oc2ccc(N3C[C@@H](C(=O)OCC(=O)Nc4ccc(C)c(C)c4)CC3=O)cc2)cc1. The molecule has 0 aliphatic carbocycles. The molecule has 3 aromatic rings. The third-order valence-electron chi connectivity index (χ3n) is 6.04. The number of hydrogen-bond acceptors (Lipinski definition) is 6. The van der Waals surface area contributed by atoms with E-state index in [0.29, 0.717) is 22.9 Å². The summed E-state index contributed by atoms with van der Waals surface area (Å²) in [6.07, 6.45) is 0.0295. The average molecular weight is 489 g/mol. The molecule has 0 saturated carbocycles. The fourth-order valence-electron chi connectivity index (χ4n) is 3.86. The van der Waals surface area contributed by atoms with Crippen molar-refractivity contribution < 1.29 is 28.6 Å². The fraction of sp³-hybridized carbons (Fsp3) is 0.250. The maximum atomic E-state index is 12.6. The predicted octanol–water partition coefficient (Wildman–Crippen LogP) is 4.64. The van der Waals surface area contributed by atoms with Gasteiger partial charge >= 0.3 is 5.97 Å². The Kier molecular flexibility index (Phi) is 7.53. The third kappa shape index (κ3) is 6.02. The van der Waals surface area contributed by atoms with Crippen molar-refractivity contribution in [3.05, 3.63) is 77.9 Å². The smallest absolute Gasteiger partial charge is 0.311 e. The minimum atomic E-state index is -0.637. The van der Waals surface area contributed by atoms with Crippen LogP contribution >= 0.6 is 0 Å². The molecule has 1 heterocycles. The van der Waals surface area contributed by atoms with Gasteiger partial charge in [-0.05, 0) is 85.6 Å². The van der Waals surface area contributed by atoms with Gasteiger partial charge in [0.2, 0.25) is 5.91 Å². The molecule has 4 rings (SSSR count). The molecule has 1 aliphatic rings. The van der Waals surface area contributed by atoms with Gasteiger partial charge in [0.1, 0.15) is 17.2 Å². The number of aryl methyl sites for hydroxylation is 2. The monoisotopic (exact) mass is 488 g/mol. The summed E-state index contributed by atoms with van der Waals surface area (Å²) >= 11 is 0. The molecule has 186 valence electrons. The number of nitrogens with one attached hydrogen (secondary N) is 1. The van der Waals surface area contributed by atoms with E-state index in [1.165, 1.54) is 4.90 Å². The lowest BCUT2D eigenvalue weighted by atomic mass is 10.1. The highest BCUT2D eigenvalue weighted by atomic mass is 16.5. The summed E-state index contributed by atoms with van der Waals surface area (Å²) in [5.41, 5.74) is 3.47. The molecule has 0 spiro atoms. The highest BCUT2D eigenvalue weighted by Crippen LogP contribution is 2.29. The minimum absolute atomic E-state index is 0.0295. The number of anilines is 2. The Morgan fingerprint density at radius 2 is 1.56 bits per heavy atom. The topological polar surface area (TPSA) is 94.2 Å². The minimum Gasteiger partial charge on any atom is -0.497 e. The summed E-state index contributed by atoms with van der Waals surface area (Å²) in [7, 11) is 1.60. The van der Waals surface area contributed by atoms with E-state index in [2.05, 4.69) is 5.32 Å². The maximum Gasteiger partial charge on any atom is 0.311 e. The number of methoxy groups -OCH3 is 1. The van der Waals surface area contributed by atoms with Crippen molar-refractivity contribution in [1.82, 2.24) is 0 Å². The molecule has 1 N–H and O–H groups in total. The largest absolute Gasteiger partial charge is 0.497 e. The van der Waals surface area contributed by atoms with Gasteiger partial charge in [0.15, 0.2) is 6.61 Å². The zero-order valence-electron chi connectivity index (χ0n) is 20.4. The molecule has 0 bridgehead atoms. The highest BCUT2D eigenvalue weighted by Gasteiger charge is 2.36. The third-order valence-corrected chi connectivity index (χ3v) is 6.04. The van der Waals surface area contributed by atoms with Crippen LogP contribution in [-0.2, 0) is 19.1 Å². The Hall–Kier alpha value is -4.33. The van der Waals surface area contributed by atoms with Gasteiger partial charge in [-0.1, -0.05) is 6.07 Å². The molecule has 1 fully saturated rings. The molecule has 36 heavy (non-hydrogen) atoms. The molecule has 1 aliphatic heterocycles. The van der Waals surface area contributed by atoms with Gasteiger partial charge in [-0.3, -0.25) is 14.4 Å². The second-order valence-electron chi connectivity index (χ2n) is 8.63. The van der Waals surface area contributed by atoms with Crippen LogP contribution in [0.25, 0.3) is 0 Å². The molecule has 3 aromatic carbocycles. The van der Waals surface area contributed by atoms with Crippen LogP contribution < -0.4 is 19.7 Å². The van der Waals surface area contributed by atoms with E-state index < -0.39 is 24.4 Å². The van der Waals surface area contributed by atoms with Crippen LogP contribution in [0.1, 0.15) is 17.5 Å². The zero-order valence-corrected chi connectivity index (χ0v) is 20.4. The van der Waals surface area contributed by atoms with E-state index in [1.54, 1.807) is 61.7 Å². The van der Waals surface area contributed by atoms with Crippen molar-refractivity contribution in [3.63, 3.8) is 0 Å². The summed E-state index contributed by atoms with van der Waals surface area (Å²) in [5.74, 6) is 0.190. The van der Waals surface area contributed by atoms with E-state index >= 15 is 0 Å². The van der Waals surface area contributed by atoms with E-state index in [1.807, 2.05) is 26.0 Å². The van der Waals surface area contributed by atoms with Crippen LogP contribution in [0, 0.1) is 19.8 Å². The first-order valence-electron chi connectivity index (χ1n) is 11.6. The Morgan fingerprint density at radius 1 is 0.917 bits per heavy atom. The second-order valence-corrected chi connectivity index (χ2v) is 8.63. The Balaban J connectivity index is 1.28. The van der Waals surface area contributed by atoms with E-state index in [4.69, 9.17) is 14.2 Å². The first-order chi connectivity index (χ1) is 17.3. The summed E-state index contributed by atoms with van der Waals surface area (Å²) in [6, 6.07) is 19.8. The van der Waals surface area contributed by atoms with Crippen LogP contribution in [0.5, 0.6) is 17.2 Å². The summed E-state index contributed by atoms with van der Waals surface area (Å²) in [4.78, 5) is 38.8. The van der Waals surface area contributed by atoms with Gasteiger partial charge in [-0.2, -0.15) is 0 Å². The van der Waals surface area contributed by atoms with Crippen molar-refractivity contribution >= 4 is 29.2 Å². The van der Waals surface area contributed by atoms with Crippen molar-refractivity contribution in [1.29, 1.82) is 0 Å². The van der Waals surface area contributed by atoms with Gasteiger partial charge in [0.05, 0.1) is 13.0 Å². The molecule has 1 atom stereocenters. The lowest BCUT2D eigenvalue weighted by Gasteiger charge is -2.17. The molecule has 1 saturated heterocycles. The standard InChI is InChI=1S/C28H28N2O6/c1-18-4-5-21(14-19(18)2)29-26(31)17-35-28(33)20-15-27(32)30(16-20)22-6-8-24(9-7-22)36-25-12-10-23(34-3)11-13-25/h4-14,20H,15-17H2,1-3H3,(H,29,31)/t20-/m0/s1. The normalized spacial score (nSPS) is 14.9. The number of nitrogens with zero attached hydrogens (tertiary/aromatic N) is 1. The predicted molar refractivity (Wildman–Crippen MR) is 135 cm³/mol. The number of hydrogen-bond donors (Lipinski definition) is 1. The molecule has 8 nitrogen and oxygen atoms in total. The summed E-state index contributed by atoms with van der Waals surface area (Å²) in [5, 5.41) is 2.72. The first-order valence-corrected chi connectivity index (χ1v) is 11.6. The number of benzene rings is 3. The summed E-state index contributed by atoms with van der Waals surface area (Å²) in [6.45, 7) is 3.72. The van der Waals surface area contributed by atoms with Gasteiger partial charge in [0.25, 0.3) is 5.91 Å². The molecule has 0 aromatic heterocycles. The van der Waals surface area contributed by atoms with Crippen LogP contribution in [-0.4, -0.2) is 38.0 Å². The van der Waals surface area contributed by atoms with Gasteiger partial charge < -0.3 is 24.4 Å². The fourth-order valence-corrected chi connectivity index (χ4v) is 3.86. The molecule has 8 heteroatoms. The van der Waals surface area contributed by atoms with Crippen LogP contribution in [0.4, 0.5) is 11.4 Å². The van der Waals surface area contributed by atoms with Crippen LogP contribution in [0.2, 0.25) is 0 Å². The summed E-state index contributed by atoms with van der Waals surface area (Å²) < 4.78 is 16.1. The van der Waals surface area contributed by atoms with Crippen molar-refractivity contribution in [3.8, 4) is 17.2 Å². The van der Waals surface area contributed by atoms with E-state index in [9.17, 15) is 14.4 Å². The second kappa shape index (κ2) is 10.9. The highest BCUT2D eigenvalue weighted by molar-refractivity contribution is 6.00. The Morgan fingerprint density at radius 3 is 2.19 bits per heavy atom. The molecule has 2 amide bonds. The number of esters is 1. The zero-order chi connectivity index (χ0) is 25.7. The van der Waals surface area contributed by atoms with Gasteiger partial charge in [0, 0.05) is 24.3 Å². The van der Waals surface area contributed by atoms with E-state index in [-0.39, 0.29) is 18.9 Å². The molecular formula is C28H28N2O6. The Bertz CT molecular complexity index is 1250. The lowest BCUT2D eigenvalue weighted by Crippen LogP contribution is -2.28. The number of carbonyl (C=O) groups is 3. The van der Waals surface area contributed by atoms with Crippen molar-refractivity contribution in [2.24, 2.45) is 5.92 Å². The quantitative estimate of drug-likeness (QED) is 0.465. The van der Waals surface area contributed by atoms with Gasteiger partial charge in [-0.25, -0.2) is 0 Å². The van der Waals surface area contributed by atoms with Crippen molar-refractivity contribution in [2.45, 2.75) is 20.3 Å². The van der Waals surface area contributed by atoms with E-state index in [0.717, 1.165) is 16.9 Å². The maximum absolute atomic E-state index is 12.6. The molecule has 0 unspecified atom stereocenters. The first kappa shape index (κ1) is 24.8. The number of amides is 2.